The summed E-state index contributed by atoms with van der Waals surface area (Å²) in [5, 5.41) is 4.52. The fourth-order valence-corrected chi connectivity index (χ4v) is 9.77. The van der Waals surface area contributed by atoms with Crippen LogP contribution in [0.4, 0.5) is 0 Å². The molecule has 1 unspecified atom stereocenters. The van der Waals surface area contributed by atoms with E-state index in [-0.39, 0.29) is 10.3 Å². The molecule has 1 heteroatoms. The van der Waals surface area contributed by atoms with Crippen LogP contribution in [0.25, 0.3) is 21.9 Å². The van der Waals surface area contributed by atoms with E-state index in [1.165, 1.54) is 43.9 Å². The highest BCUT2D eigenvalue weighted by molar-refractivity contribution is 7.68. The molecule has 0 aliphatic carbocycles. The Morgan fingerprint density at radius 2 is 1.30 bits per heavy atom. The molecule has 0 bridgehead atoms. The SMILES string of the molecule is Cc1cc2c3c(cccc3c1)C(C)(C)P(c1ccccc1-c1ccccc1)C2(C)C. The molecular weight excluding hydrogens is 379 g/mol. The lowest BCUT2D eigenvalue weighted by atomic mass is 9.85. The van der Waals surface area contributed by atoms with E-state index in [9.17, 15) is 0 Å². The topological polar surface area (TPSA) is 0 Å². The van der Waals surface area contributed by atoms with Gasteiger partial charge in [-0.05, 0) is 45.3 Å². The van der Waals surface area contributed by atoms with E-state index in [0.717, 1.165) is 0 Å². The van der Waals surface area contributed by atoms with E-state index in [0.29, 0.717) is 0 Å². The van der Waals surface area contributed by atoms with Gasteiger partial charge < -0.3 is 0 Å². The zero-order valence-corrected chi connectivity index (χ0v) is 19.4. The van der Waals surface area contributed by atoms with E-state index >= 15 is 0 Å². The second-order valence-electron chi connectivity index (χ2n) is 9.55. The van der Waals surface area contributed by atoms with Crippen molar-refractivity contribution in [2.24, 2.45) is 0 Å². The number of rotatable bonds is 2. The summed E-state index contributed by atoms with van der Waals surface area (Å²) in [6.07, 6.45) is 0. The third-order valence-electron chi connectivity index (χ3n) is 6.79. The van der Waals surface area contributed by atoms with Crippen molar-refractivity contribution in [1.29, 1.82) is 0 Å². The predicted octanol–water partition coefficient (Wildman–Crippen LogP) is 8.11. The van der Waals surface area contributed by atoms with E-state index in [1.54, 1.807) is 0 Å². The van der Waals surface area contributed by atoms with Crippen LogP contribution in [-0.2, 0) is 10.3 Å². The first kappa shape index (κ1) is 19.5. The van der Waals surface area contributed by atoms with Gasteiger partial charge in [0, 0.05) is 10.3 Å². The molecule has 1 aliphatic rings. The van der Waals surface area contributed by atoms with Gasteiger partial charge in [0.1, 0.15) is 0 Å². The molecule has 30 heavy (non-hydrogen) atoms. The van der Waals surface area contributed by atoms with E-state index in [2.05, 4.69) is 120 Å². The van der Waals surface area contributed by atoms with Crippen LogP contribution in [0.1, 0.15) is 44.4 Å². The Labute approximate surface area is 181 Å². The first-order valence-corrected chi connectivity index (χ1v) is 12.1. The van der Waals surface area contributed by atoms with Gasteiger partial charge in [0.05, 0.1) is 0 Å². The smallest absolute Gasteiger partial charge is 0.0153 e. The highest BCUT2D eigenvalue weighted by atomic mass is 31.1. The van der Waals surface area contributed by atoms with Crippen LogP contribution in [0.2, 0.25) is 0 Å². The molecular formula is C29H29P. The standard InChI is InChI=1S/C29H29P/c1-20-18-22-14-11-16-24-27(22)25(19-20)29(4,5)30(28(24,2)3)26-17-10-9-15-23(26)21-12-7-6-8-13-21/h6-19H,1-5H3. The summed E-state index contributed by atoms with van der Waals surface area (Å²) in [7, 11) is -0.523. The minimum absolute atomic E-state index is 0.0718. The molecule has 0 saturated carbocycles. The Morgan fingerprint density at radius 3 is 2.07 bits per heavy atom. The molecule has 1 aliphatic heterocycles. The Kier molecular flexibility index (Phi) is 4.42. The fraction of sp³-hybridized carbons (Fsp3) is 0.241. The van der Waals surface area contributed by atoms with Crippen LogP contribution >= 0.6 is 7.92 Å². The quantitative estimate of drug-likeness (QED) is 0.294. The second-order valence-corrected chi connectivity index (χ2v) is 12.9. The van der Waals surface area contributed by atoms with Crippen molar-refractivity contribution in [2.45, 2.75) is 44.9 Å². The molecule has 0 N–H and O–H groups in total. The average Bonchev–Trinajstić information content (AvgIpc) is 2.72. The van der Waals surface area contributed by atoms with Crippen molar-refractivity contribution in [3.63, 3.8) is 0 Å². The summed E-state index contributed by atoms with van der Waals surface area (Å²) in [5.74, 6) is 0. The van der Waals surface area contributed by atoms with E-state index in [4.69, 9.17) is 0 Å². The average molecular weight is 409 g/mol. The Morgan fingerprint density at radius 1 is 0.633 bits per heavy atom. The molecule has 1 atom stereocenters. The molecule has 1 heterocycles. The highest BCUT2D eigenvalue weighted by Gasteiger charge is 2.49. The van der Waals surface area contributed by atoms with Crippen LogP contribution in [0.3, 0.4) is 0 Å². The van der Waals surface area contributed by atoms with Gasteiger partial charge in [-0.15, -0.1) is 0 Å². The molecule has 0 aromatic heterocycles. The van der Waals surface area contributed by atoms with Gasteiger partial charge in [-0.25, -0.2) is 0 Å². The van der Waals surface area contributed by atoms with Gasteiger partial charge in [0.25, 0.3) is 0 Å². The molecule has 0 amide bonds. The van der Waals surface area contributed by atoms with E-state index < -0.39 is 7.92 Å². The lowest BCUT2D eigenvalue weighted by molar-refractivity contribution is 0.679. The van der Waals surface area contributed by atoms with Crippen LogP contribution in [0, 0.1) is 6.92 Å². The summed E-state index contributed by atoms with van der Waals surface area (Å²) in [4.78, 5) is 0. The normalized spacial score (nSPS) is 19.0. The van der Waals surface area contributed by atoms with Crippen LogP contribution < -0.4 is 5.30 Å². The van der Waals surface area contributed by atoms with Gasteiger partial charge in [-0.2, -0.15) is 0 Å². The molecule has 0 fully saturated rings. The molecule has 0 spiro atoms. The maximum Gasteiger partial charge on any atom is 0.0153 e. The highest BCUT2D eigenvalue weighted by Crippen LogP contribution is 2.71. The minimum Gasteiger partial charge on any atom is -0.0622 e. The zero-order chi connectivity index (χ0) is 21.1. The van der Waals surface area contributed by atoms with Crippen molar-refractivity contribution in [3.8, 4) is 11.1 Å². The van der Waals surface area contributed by atoms with Crippen molar-refractivity contribution in [1.82, 2.24) is 0 Å². The zero-order valence-electron chi connectivity index (χ0n) is 18.5. The molecule has 5 rings (SSSR count). The van der Waals surface area contributed by atoms with Gasteiger partial charge >= 0.3 is 0 Å². The van der Waals surface area contributed by atoms with Gasteiger partial charge in [-0.1, -0.05) is 126 Å². The third-order valence-corrected chi connectivity index (χ3v) is 10.4. The third kappa shape index (κ3) is 2.78. The fourth-order valence-electron chi connectivity index (χ4n) is 5.64. The summed E-state index contributed by atoms with van der Waals surface area (Å²) < 4.78 is 0. The monoisotopic (exact) mass is 408 g/mol. The Bertz CT molecular complexity index is 1250. The Hall–Kier alpha value is -2.43. The van der Waals surface area contributed by atoms with Crippen LogP contribution in [0.15, 0.2) is 84.9 Å². The lowest BCUT2D eigenvalue weighted by Crippen LogP contribution is -2.36. The predicted molar refractivity (Wildman–Crippen MR) is 133 cm³/mol. The summed E-state index contributed by atoms with van der Waals surface area (Å²) in [6, 6.07) is 31.7. The molecule has 0 radical (unpaired) electrons. The van der Waals surface area contributed by atoms with Gasteiger partial charge in [-0.3, -0.25) is 0 Å². The second kappa shape index (κ2) is 6.79. The summed E-state index contributed by atoms with van der Waals surface area (Å²) in [5.41, 5.74) is 7.07. The van der Waals surface area contributed by atoms with E-state index in [1.807, 2.05) is 0 Å². The first-order valence-electron chi connectivity index (χ1n) is 10.8. The Balaban J connectivity index is 1.84. The maximum absolute atomic E-state index is 2.48. The van der Waals surface area contributed by atoms with Crippen molar-refractivity contribution < 1.29 is 0 Å². The molecule has 4 aromatic rings. The van der Waals surface area contributed by atoms with Crippen molar-refractivity contribution in [3.05, 3.63) is 102 Å². The largest absolute Gasteiger partial charge is 0.0622 e. The summed E-state index contributed by atoms with van der Waals surface area (Å²) in [6.45, 7) is 12.1. The van der Waals surface area contributed by atoms with Gasteiger partial charge in [0.2, 0.25) is 0 Å². The minimum atomic E-state index is -0.523. The number of hydrogen-bond acceptors (Lipinski definition) is 0. The number of aryl methyl sites for hydroxylation is 1. The number of benzene rings is 4. The van der Waals surface area contributed by atoms with Crippen LogP contribution in [-0.4, -0.2) is 0 Å². The first-order chi connectivity index (χ1) is 14.3. The van der Waals surface area contributed by atoms with Gasteiger partial charge in [0.15, 0.2) is 0 Å². The summed E-state index contributed by atoms with van der Waals surface area (Å²) >= 11 is 0. The number of hydrogen-bond donors (Lipinski definition) is 0. The lowest BCUT2D eigenvalue weighted by Gasteiger charge is -2.51. The molecule has 0 nitrogen and oxygen atoms in total. The van der Waals surface area contributed by atoms with Crippen LogP contribution in [0.5, 0.6) is 0 Å². The molecule has 4 aromatic carbocycles. The maximum atomic E-state index is 2.48. The molecule has 150 valence electrons. The van der Waals surface area contributed by atoms with Crippen molar-refractivity contribution >= 4 is 24.0 Å². The molecule has 0 saturated heterocycles. The van der Waals surface area contributed by atoms with Crippen molar-refractivity contribution in [2.75, 3.05) is 0 Å².